The van der Waals surface area contributed by atoms with Crippen molar-refractivity contribution in [2.24, 2.45) is 11.8 Å². The maximum absolute atomic E-state index is 13.2. The van der Waals surface area contributed by atoms with E-state index in [0.29, 0.717) is 25.8 Å². The Bertz CT molecular complexity index is 1090. The van der Waals surface area contributed by atoms with E-state index in [0.717, 1.165) is 12.8 Å². The van der Waals surface area contributed by atoms with Gasteiger partial charge in [0.05, 0.1) is 6.04 Å². The van der Waals surface area contributed by atoms with Gasteiger partial charge in [0.15, 0.2) is 5.44 Å². The van der Waals surface area contributed by atoms with Crippen LogP contribution in [0.3, 0.4) is 0 Å². The predicted octanol–water partition coefficient (Wildman–Crippen LogP) is -2.06. The summed E-state index contributed by atoms with van der Waals surface area (Å²) in [6, 6.07) is -3.00. The Hall–Kier alpha value is -1.65. The van der Waals surface area contributed by atoms with Crippen LogP contribution >= 0.6 is 0 Å². The first-order chi connectivity index (χ1) is 18.9. The summed E-state index contributed by atoms with van der Waals surface area (Å²) in [6.07, 6.45) is 0.855. The molecule has 16 heteroatoms. The van der Waals surface area contributed by atoms with Gasteiger partial charge in [0.25, 0.3) is 0 Å². The second-order valence-electron chi connectivity index (χ2n) is 12.6. The summed E-state index contributed by atoms with van der Waals surface area (Å²) >= 11 is 0. The van der Waals surface area contributed by atoms with Crippen molar-refractivity contribution in [1.82, 2.24) is 20.9 Å². The van der Waals surface area contributed by atoms with Gasteiger partial charge >= 0.3 is 41.7 Å². The summed E-state index contributed by atoms with van der Waals surface area (Å²) in [6.45, 7) is 9.37. The predicted molar refractivity (Wildman–Crippen MR) is 144 cm³/mol. The Kier molecular flexibility index (Phi) is 13.0. The number of hydrogen-bond acceptors (Lipinski definition) is 10. The molecule has 0 aliphatic carbocycles. The third-order valence-electron chi connectivity index (χ3n) is 7.55. The number of carbonyl (C=O) groups excluding carboxylic acids is 4. The Morgan fingerprint density at radius 3 is 2.19 bits per heavy atom. The van der Waals surface area contributed by atoms with Crippen LogP contribution in [0.5, 0.6) is 0 Å². The zero-order valence-corrected chi connectivity index (χ0v) is 28.1. The molecule has 2 bridgehead atoms. The fourth-order valence-electron chi connectivity index (χ4n) is 5.77. The SMILES string of the molecule is CC(C)C[C@H](NC(=O)OC1C[C@H]2CC[C@@H](C1)N2C(=O)OC(C)(C)C)C(=O)N[C@@H](C[C@@H]1CCNC1=O)C(O)S(=O)(=O)[O-].[Na+]. The normalized spacial score (nSPS) is 26.0. The zero-order valence-electron chi connectivity index (χ0n) is 25.3. The number of nitrogens with one attached hydrogen (secondary N) is 3. The Morgan fingerprint density at radius 1 is 1.12 bits per heavy atom. The van der Waals surface area contributed by atoms with Crippen molar-refractivity contribution in [3.8, 4) is 0 Å². The topological polar surface area (TPSA) is 203 Å². The molecule has 3 aliphatic rings. The molecule has 7 atom stereocenters. The number of hydrogen-bond donors (Lipinski definition) is 4. The molecule has 3 fully saturated rings. The first-order valence-corrected chi connectivity index (χ1v) is 15.6. The summed E-state index contributed by atoms with van der Waals surface area (Å²) in [5, 5.41) is 17.7. The second kappa shape index (κ2) is 14.9. The van der Waals surface area contributed by atoms with Crippen molar-refractivity contribution in [1.29, 1.82) is 0 Å². The first-order valence-electron chi connectivity index (χ1n) is 14.1. The van der Waals surface area contributed by atoms with Crippen LogP contribution in [0.25, 0.3) is 0 Å². The van der Waals surface area contributed by atoms with Crippen LogP contribution in [0, 0.1) is 11.8 Å². The minimum absolute atomic E-state index is 0. The van der Waals surface area contributed by atoms with Crippen molar-refractivity contribution < 1.29 is 76.3 Å². The molecule has 234 valence electrons. The summed E-state index contributed by atoms with van der Waals surface area (Å²) in [5.74, 6) is -1.96. The van der Waals surface area contributed by atoms with Crippen LogP contribution in [0.4, 0.5) is 9.59 Å². The number of carbonyl (C=O) groups is 4. The number of ether oxygens (including phenoxy) is 2. The van der Waals surface area contributed by atoms with Gasteiger partial charge in [-0.05, 0) is 58.8 Å². The van der Waals surface area contributed by atoms with Crippen LogP contribution in [-0.2, 0) is 29.2 Å². The molecule has 4 amide bonds. The van der Waals surface area contributed by atoms with Gasteiger partial charge in [-0.1, -0.05) is 13.8 Å². The summed E-state index contributed by atoms with van der Waals surface area (Å²) in [4.78, 5) is 52.5. The smallest absolute Gasteiger partial charge is 0.746 e. The standard InChI is InChI=1S/C26H44N4O10S.Na/c1-14(2)10-19(22(32)28-20(23(33)41(36,37)38)11-15-8-9-27-21(15)31)29-24(34)39-18-12-16-6-7-17(13-18)30(16)25(35)40-26(3,4)5;/h14-20,23,33H,6-13H2,1-5H3,(H,27,31)(H,28,32)(H,29,34)(H,36,37,38);/q;+1/p-1/t15-,16-,17+,18?,19-,20-,23?;/m0./s1. The number of alkyl carbamates (subject to hydrolysis) is 1. The van der Waals surface area contributed by atoms with Gasteiger partial charge in [0.1, 0.15) is 27.9 Å². The molecule has 0 saturated carbocycles. The van der Waals surface area contributed by atoms with E-state index < -0.39 is 63.4 Å². The number of piperidine rings is 1. The van der Waals surface area contributed by atoms with Crippen molar-refractivity contribution in [3.63, 3.8) is 0 Å². The van der Waals surface area contributed by atoms with Crippen molar-refractivity contribution in [3.05, 3.63) is 0 Å². The van der Waals surface area contributed by atoms with Crippen LogP contribution in [0.2, 0.25) is 0 Å². The van der Waals surface area contributed by atoms with E-state index in [1.807, 2.05) is 13.8 Å². The average molecular weight is 627 g/mol. The van der Waals surface area contributed by atoms with Crippen molar-refractivity contribution in [2.45, 2.75) is 121 Å². The molecular formula is C26H43N4NaO10S. The molecule has 0 aromatic rings. The van der Waals surface area contributed by atoms with Crippen molar-refractivity contribution >= 4 is 34.1 Å². The fraction of sp³-hybridized carbons (Fsp3) is 0.846. The monoisotopic (exact) mass is 626 g/mol. The van der Waals surface area contributed by atoms with E-state index >= 15 is 0 Å². The summed E-state index contributed by atoms with van der Waals surface area (Å²) < 4.78 is 45.9. The molecule has 3 heterocycles. The molecule has 3 aliphatic heterocycles. The molecular weight excluding hydrogens is 583 g/mol. The van der Waals surface area contributed by atoms with Gasteiger partial charge in [-0.25, -0.2) is 18.0 Å². The van der Waals surface area contributed by atoms with Crippen molar-refractivity contribution in [2.75, 3.05) is 6.54 Å². The summed E-state index contributed by atoms with van der Waals surface area (Å²) in [5.41, 5.74) is -3.11. The van der Waals surface area contributed by atoms with Gasteiger partial charge < -0.3 is 40.0 Å². The number of aliphatic hydroxyl groups is 1. The molecule has 0 radical (unpaired) electrons. The quantitative estimate of drug-likeness (QED) is 0.154. The van der Waals surface area contributed by atoms with E-state index in [1.54, 1.807) is 25.7 Å². The maximum atomic E-state index is 13.2. The van der Waals surface area contributed by atoms with Gasteiger partial charge in [0, 0.05) is 37.4 Å². The molecule has 0 spiro atoms. The Morgan fingerprint density at radius 2 is 1.71 bits per heavy atom. The number of nitrogens with zero attached hydrogens (tertiary/aromatic N) is 1. The largest absolute Gasteiger partial charge is 1.00 e. The van der Waals surface area contributed by atoms with E-state index in [-0.39, 0.29) is 66.3 Å². The first kappa shape index (κ1) is 36.5. The molecule has 2 unspecified atom stereocenters. The zero-order chi connectivity index (χ0) is 30.7. The fourth-order valence-corrected chi connectivity index (χ4v) is 6.36. The van der Waals surface area contributed by atoms with Crippen LogP contribution in [-0.4, -0.2) is 94.8 Å². The van der Waals surface area contributed by atoms with Gasteiger partial charge in [-0.3, -0.25) is 9.59 Å². The minimum atomic E-state index is -5.21. The third kappa shape index (κ3) is 10.2. The number of fused-ring (bicyclic) bond motifs is 2. The summed E-state index contributed by atoms with van der Waals surface area (Å²) in [7, 11) is -5.21. The molecule has 42 heavy (non-hydrogen) atoms. The van der Waals surface area contributed by atoms with Crippen LogP contribution in [0.15, 0.2) is 0 Å². The molecule has 3 rings (SSSR count). The Balaban J connectivity index is 0.00000616. The molecule has 0 aromatic carbocycles. The van der Waals surface area contributed by atoms with Crippen LogP contribution in [0.1, 0.15) is 79.6 Å². The third-order valence-corrected chi connectivity index (χ3v) is 8.47. The molecule has 14 nitrogen and oxygen atoms in total. The Labute approximate surface area is 269 Å². The van der Waals surface area contributed by atoms with Gasteiger partial charge in [-0.2, -0.15) is 0 Å². The molecule has 0 aromatic heterocycles. The molecule has 4 N–H and O–H groups in total. The number of rotatable bonds is 10. The average Bonchev–Trinajstić information content (AvgIpc) is 3.35. The number of amides is 4. The van der Waals surface area contributed by atoms with E-state index in [9.17, 15) is 37.3 Å². The van der Waals surface area contributed by atoms with Crippen LogP contribution < -0.4 is 45.5 Å². The van der Waals surface area contributed by atoms with Gasteiger partial charge in [0.2, 0.25) is 11.8 Å². The van der Waals surface area contributed by atoms with E-state index in [4.69, 9.17) is 9.47 Å². The van der Waals surface area contributed by atoms with E-state index in [2.05, 4.69) is 16.0 Å². The maximum Gasteiger partial charge on any atom is 1.00 e. The van der Waals surface area contributed by atoms with E-state index in [1.165, 1.54) is 0 Å². The van der Waals surface area contributed by atoms with Gasteiger partial charge in [-0.15, -0.1) is 0 Å². The minimum Gasteiger partial charge on any atom is -0.746 e. The number of aliphatic hydroxyl groups excluding tert-OH is 1. The molecule has 3 saturated heterocycles. The second-order valence-corrected chi connectivity index (χ2v) is 14.1.